The van der Waals surface area contributed by atoms with Crippen LogP contribution in [0.1, 0.15) is 15.9 Å². The molecule has 0 unspecified atom stereocenters. The van der Waals surface area contributed by atoms with Crippen LogP contribution in [0, 0.1) is 6.92 Å². The number of hydrogen-bond acceptors (Lipinski definition) is 4. The molecule has 0 saturated heterocycles. The molecule has 116 valence electrons. The highest BCUT2D eigenvalue weighted by Crippen LogP contribution is 2.14. The molecular formula is C15H17N3O3S. The van der Waals surface area contributed by atoms with Gasteiger partial charge in [0.15, 0.2) is 0 Å². The molecule has 2 rings (SSSR count). The maximum absolute atomic E-state index is 12.1. The van der Waals surface area contributed by atoms with Crippen molar-refractivity contribution in [2.75, 3.05) is 12.4 Å². The van der Waals surface area contributed by atoms with Crippen LogP contribution in [0.2, 0.25) is 0 Å². The molecule has 7 heteroatoms. The number of sulfonamides is 1. The van der Waals surface area contributed by atoms with Gasteiger partial charge in [-0.3, -0.25) is 10.2 Å². The Bertz CT molecular complexity index is 771. The highest BCUT2D eigenvalue weighted by atomic mass is 32.2. The maximum atomic E-state index is 12.1. The van der Waals surface area contributed by atoms with Crippen molar-refractivity contribution in [1.29, 1.82) is 0 Å². The van der Waals surface area contributed by atoms with E-state index in [4.69, 9.17) is 0 Å². The lowest BCUT2D eigenvalue weighted by Crippen LogP contribution is -2.41. The van der Waals surface area contributed by atoms with Crippen molar-refractivity contribution >= 4 is 21.6 Å². The van der Waals surface area contributed by atoms with E-state index in [1.165, 1.54) is 12.1 Å². The first-order chi connectivity index (χ1) is 10.4. The molecule has 0 atom stereocenters. The van der Waals surface area contributed by atoms with E-state index in [0.717, 1.165) is 5.56 Å². The summed E-state index contributed by atoms with van der Waals surface area (Å²) in [4.78, 5) is 14.3. The van der Waals surface area contributed by atoms with Crippen LogP contribution < -0.4 is 15.6 Å². The van der Waals surface area contributed by atoms with Crippen LogP contribution in [0.3, 0.4) is 0 Å². The third kappa shape index (κ3) is 3.63. The van der Waals surface area contributed by atoms with Crippen molar-refractivity contribution in [3.8, 4) is 0 Å². The highest BCUT2D eigenvalue weighted by molar-refractivity contribution is 7.89. The van der Waals surface area contributed by atoms with Crippen LogP contribution in [-0.4, -0.2) is 21.4 Å². The second-order valence-corrected chi connectivity index (χ2v) is 6.35. The molecule has 0 aliphatic carbocycles. The number of para-hydroxylation sites is 1. The van der Waals surface area contributed by atoms with Gasteiger partial charge in [0.05, 0.1) is 10.5 Å². The number of hydrogen-bond donors (Lipinski definition) is 3. The molecule has 0 spiro atoms. The van der Waals surface area contributed by atoms with Crippen molar-refractivity contribution in [2.45, 2.75) is 11.8 Å². The molecule has 2 aromatic carbocycles. The molecule has 0 aliphatic heterocycles. The number of hydrazine groups is 1. The molecule has 22 heavy (non-hydrogen) atoms. The summed E-state index contributed by atoms with van der Waals surface area (Å²) in [5, 5.41) is 2.87. The number of anilines is 1. The van der Waals surface area contributed by atoms with Crippen molar-refractivity contribution in [3.05, 3.63) is 59.7 Å². The second-order valence-electron chi connectivity index (χ2n) is 4.67. The summed E-state index contributed by atoms with van der Waals surface area (Å²) in [6, 6.07) is 13.1. The average Bonchev–Trinajstić information content (AvgIpc) is 2.53. The van der Waals surface area contributed by atoms with Gasteiger partial charge in [-0.05, 0) is 31.2 Å². The quantitative estimate of drug-likeness (QED) is 0.732. The zero-order chi connectivity index (χ0) is 16.2. The fraction of sp³-hybridized carbons (Fsp3) is 0.133. The van der Waals surface area contributed by atoms with Crippen LogP contribution in [0.15, 0.2) is 53.4 Å². The number of nitrogens with one attached hydrogen (secondary N) is 3. The lowest BCUT2D eigenvalue weighted by molar-refractivity contribution is 0.0946. The topological polar surface area (TPSA) is 87.3 Å². The summed E-state index contributed by atoms with van der Waals surface area (Å²) < 4.78 is 24.2. The van der Waals surface area contributed by atoms with E-state index in [0.29, 0.717) is 11.3 Å². The molecule has 0 saturated carbocycles. The summed E-state index contributed by atoms with van der Waals surface area (Å²) in [7, 11) is -2.12. The lowest BCUT2D eigenvalue weighted by atomic mass is 10.1. The summed E-state index contributed by atoms with van der Waals surface area (Å²) in [6.07, 6.45) is 0. The normalized spacial score (nSPS) is 11.0. The third-order valence-corrected chi connectivity index (χ3v) is 4.33. The van der Waals surface area contributed by atoms with Crippen LogP contribution >= 0.6 is 0 Å². The van der Waals surface area contributed by atoms with Crippen LogP contribution in [-0.2, 0) is 10.0 Å². The first-order valence-electron chi connectivity index (χ1n) is 6.59. The van der Waals surface area contributed by atoms with E-state index in [9.17, 15) is 13.2 Å². The van der Waals surface area contributed by atoms with E-state index in [2.05, 4.69) is 15.6 Å². The van der Waals surface area contributed by atoms with Gasteiger partial charge in [0.25, 0.3) is 15.9 Å². The van der Waals surface area contributed by atoms with Gasteiger partial charge in [-0.25, -0.2) is 8.42 Å². The van der Waals surface area contributed by atoms with E-state index < -0.39 is 15.9 Å². The molecule has 6 nitrogen and oxygen atoms in total. The van der Waals surface area contributed by atoms with Gasteiger partial charge in [0.2, 0.25) is 0 Å². The van der Waals surface area contributed by atoms with Crippen LogP contribution in [0.25, 0.3) is 0 Å². The largest absolute Gasteiger partial charge is 0.387 e. The number of rotatable bonds is 5. The Kier molecular flexibility index (Phi) is 4.79. The summed E-state index contributed by atoms with van der Waals surface area (Å²) >= 11 is 0. The van der Waals surface area contributed by atoms with Gasteiger partial charge in [0, 0.05) is 12.7 Å². The monoisotopic (exact) mass is 319 g/mol. The molecule has 3 N–H and O–H groups in total. The van der Waals surface area contributed by atoms with E-state index in [-0.39, 0.29) is 4.90 Å². The van der Waals surface area contributed by atoms with Gasteiger partial charge < -0.3 is 5.32 Å². The smallest absolute Gasteiger partial charge is 0.268 e. The molecule has 0 aromatic heterocycles. The number of carbonyl (C=O) groups excluding carboxylic acids is 1. The Hall–Kier alpha value is -2.38. The average molecular weight is 319 g/mol. The maximum Gasteiger partial charge on any atom is 0.268 e. The predicted octanol–water partition coefficient (Wildman–Crippen LogP) is 1.66. The Balaban J connectivity index is 2.12. The molecule has 2 aromatic rings. The predicted molar refractivity (Wildman–Crippen MR) is 85.0 cm³/mol. The van der Waals surface area contributed by atoms with Crippen LogP contribution in [0.5, 0.6) is 0 Å². The van der Waals surface area contributed by atoms with Gasteiger partial charge >= 0.3 is 0 Å². The number of aryl methyl sites for hydroxylation is 1. The highest BCUT2D eigenvalue weighted by Gasteiger charge is 2.16. The Morgan fingerprint density at radius 2 is 1.64 bits per heavy atom. The van der Waals surface area contributed by atoms with Crippen molar-refractivity contribution < 1.29 is 13.2 Å². The second kappa shape index (κ2) is 6.59. The molecule has 1 amide bonds. The number of carbonyl (C=O) groups is 1. The Morgan fingerprint density at radius 1 is 1.00 bits per heavy atom. The number of amides is 1. The zero-order valence-corrected chi connectivity index (χ0v) is 13.1. The van der Waals surface area contributed by atoms with Crippen molar-refractivity contribution in [3.63, 3.8) is 0 Å². The molecule has 0 radical (unpaired) electrons. The first-order valence-corrected chi connectivity index (χ1v) is 8.08. The number of benzene rings is 2. The van der Waals surface area contributed by atoms with E-state index in [1.54, 1.807) is 43.4 Å². The standard InChI is InChI=1S/C15H17N3O3S/c1-11-7-9-12(10-8-11)22(20,21)18-17-15(19)13-5-3-4-6-14(13)16-2/h3-10,16,18H,1-2H3,(H,17,19). The van der Waals surface area contributed by atoms with Gasteiger partial charge in [-0.2, -0.15) is 0 Å². The fourth-order valence-electron chi connectivity index (χ4n) is 1.86. The Labute approximate surface area is 129 Å². The van der Waals surface area contributed by atoms with Crippen molar-refractivity contribution in [1.82, 2.24) is 10.3 Å². The minimum Gasteiger partial charge on any atom is -0.387 e. The molecule has 0 heterocycles. The van der Waals surface area contributed by atoms with E-state index in [1.807, 2.05) is 6.92 Å². The molecular weight excluding hydrogens is 302 g/mol. The summed E-state index contributed by atoms with van der Waals surface area (Å²) in [6.45, 7) is 1.86. The summed E-state index contributed by atoms with van der Waals surface area (Å²) in [5.41, 5.74) is 4.11. The zero-order valence-electron chi connectivity index (χ0n) is 12.3. The van der Waals surface area contributed by atoms with Crippen molar-refractivity contribution in [2.24, 2.45) is 0 Å². The lowest BCUT2D eigenvalue weighted by Gasteiger charge is -2.11. The first kappa shape index (κ1) is 16.0. The van der Waals surface area contributed by atoms with Gasteiger partial charge in [-0.15, -0.1) is 4.83 Å². The minimum absolute atomic E-state index is 0.0836. The van der Waals surface area contributed by atoms with Gasteiger partial charge in [-0.1, -0.05) is 29.8 Å². The third-order valence-electron chi connectivity index (χ3n) is 3.07. The molecule has 0 bridgehead atoms. The molecule has 0 aliphatic rings. The van der Waals surface area contributed by atoms with Gasteiger partial charge in [0.1, 0.15) is 0 Å². The molecule has 0 fully saturated rings. The minimum atomic E-state index is -3.80. The summed E-state index contributed by atoms with van der Waals surface area (Å²) in [5.74, 6) is -0.541. The van der Waals surface area contributed by atoms with E-state index >= 15 is 0 Å². The van der Waals surface area contributed by atoms with Crippen LogP contribution in [0.4, 0.5) is 5.69 Å². The Morgan fingerprint density at radius 3 is 2.27 bits per heavy atom. The fourth-order valence-corrected chi connectivity index (χ4v) is 2.70. The SMILES string of the molecule is CNc1ccccc1C(=O)NNS(=O)(=O)c1ccc(C)cc1.